The van der Waals surface area contributed by atoms with E-state index in [9.17, 15) is 14.0 Å². The van der Waals surface area contributed by atoms with Crippen LogP contribution in [0, 0.1) is 18.7 Å². The maximum atomic E-state index is 12.9. The fraction of sp³-hybridized carbons (Fsp3) is 0.300. The zero-order chi connectivity index (χ0) is 18.7. The summed E-state index contributed by atoms with van der Waals surface area (Å²) < 4.78 is 12.9. The van der Waals surface area contributed by atoms with Crippen LogP contribution in [0.2, 0.25) is 5.02 Å². The van der Waals surface area contributed by atoms with Gasteiger partial charge in [-0.05, 0) is 48.7 Å². The maximum absolute atomic E-state index is 12.9. The third kappa shape index (κ3) is 4.41. The Bertz CT molecular complexity index is 823. The molecule has 2 aromatic carbocycles. The lowest BCUT2D eigenvalue weighted by molar-refractivity contribution is -0.128. The highest BCUT2D eigenvalue weighted by Crippen LogP contribution is 2.23. The van der Waals surface area contributed by atoms with Gasteiger partial charge in [-0.1, -0.05) is 29.8 Å². The number of nitrogens with one attached hydrogen (secondary N) is 1. The van der Waals surface area contributed by atoms with E-state index in [1.165, 1.54) is 12.1 Å². The highest BCUT2D eigenvalue weighted by atomic mass is 35.5. The Kier molecular flexibility index (Phi) is 5.57. The fourth-order valence-corrected chi connectivity index (χ4v) is 3.17. The number of nitrogens with zero attached hydrogens (tertiary/aromatic N) is 1. The lowest BCUT2D eigenvalue weighted by atomic mass is 10.1. The molecule has 1 fully saturated rings. The summed E-state index contributed by atoms with van der Waals surface area (Å²) in [6, 6.07) is 11.6. The van der Waals surface area contributed by atoms with E-state index in [-0.39, 0.29) is 30.0 Å². The Morgan fingerprint density at radius 3 is 2.69 bits per heavy atom. The third-order valence-electron chi connectivity index (χ3n) is 4.61. The van der Waals surface area contributed by atoms with Crippen LogP contribution < -0.4 is 5.32 Å². The minimum atomic E-state index is -0.379. The zero-order valence-corrected chi connectivity index (χ0v) is 15.2. The molecule has 0 radical (unpaired) electrons. The number of aryl methyl sites for hydroxylation is 1. The van der Waals surface area contributed by atoms with Crippen LogP contribution in [0.4, 0.5) is 10.1 Å². The molecule has 0 aromatic heterocycles. The van der Waals surface area contributed by atoms with Crippen molar-refractivity contribution in [3.05, 3.63) is 64.4 Å². The predicted octanol–water partition coefficient (Wildman–Crippen LogP) is 3.82. The first-order chi connectivity index (χ1) is 12.4. The summed E-state index contributed by atoms with van der Waals surface area (Å²) >= 11 is 6.08. The number of carbonyl (C=O) groups excluding carboxylic acids is 2. The van der Waals surface area contributed by atoms with Gasteiger partial charge in [-0.25, -0.2) is 4.39 Å². The van der Waals surface area contributed by atoms with Crippen molar-refractivity contribution >= 4 is 29.1 Å². The number of hydrogen-bond acceptors (Lipinski definition) is 2. The molecule has 0 aliphatic carbocycles. The molecule has 136 valence electrons. The van der Waals surface area contributed by atoms with Crippen LogP contribution in [0.25, 0.3) is 0 Å². The molecule has 3 rings (SSSR count). The van der Waals surface area contributed by atoms with Gasteiger partial charge in [0.1, 0.15) is 5.82 Å². The van der Waals surface area contributed by atoms with Gasteiger partial charge >= 0.3 is 0 Å². The second-order valence-corrected chi connectivity index (χ2v) is 6.98. The van der Waals surface area contributed by atoms with Gasteiger partial charge in [0.2, 0.25) is 11.8 Å². The summed E-state index contributed by atoms with van der Waals surface area (Å²) in [5.74, 6) is -0.869. The smallest absolute Gasteiger partial charge is 0.229 e. The number of hydrogen-bond donors (Lipinski definition) is 1. The molecule has 2 amide bonds. The van der Waals surface area contributed by atoms with Gasteiger partial charge < -0.3 is 10.2 Å². The highest BCUT2D eigenvalue weighted by Gasteiger charge is 2.34. The van der Waals surface area contributed by atoms with Crippen molar-refractivity contribution in [2.24, 2.45) is 5.92 Å². The van der Waals surface area contributed by atoms with Crippen molar-refractivity contribution in [3.63, 3.8) is 0 Å². The van der Waals surface area contributed by atoms with E-state index in [1.807, 2.05) is 13.0 Å². The summed E-state index contributed by atoms with van der Waals surface area (Å²) in [6.07, 6.45) is 0.836. The Labute approximate surface area is 157 Å². The largest absolute Gasteiger partial charge is 0.342 e. The molecule has 1 N–H and O–H groups in total. The average molecular weight is 375 g/mol. The van der Waals surface area contributed by atoms with E-state index in [2.05, 4.69) is 5.32 Å². The van der Waals surface area contributed by atoms with E-state index in [0.29, 0.717) is 30.2 Å². The van der Waals surface area contributed by atoms with Crippen LogP contribution in [0.5, 0.6) is 0 Å². The van der Waals surface area contributed by atoms with Crippen molar-refractivity contribution in [1.29, 1.82) is 0 Å². The summed E-state index contributed by atoms with van der Waals surface area (Å²) in [5, 5.41) is 3.42. The monoisotopic (exact) mass is 374 g/mol. The van der Waals surface area contributed by atoms with Crippen LogP contribution in [-0.4, -0.2) is 29.8 Å². The number of rotatable bonds is 5. The van der Waals surface area contributed by atoms with E-state index in [0.717, 1.165) is 11.1 Å². The molecule has 26 heavy (non-hydrogen) atoms. The molecule has 0 saturated carbocycles. The van der Waals surface area contributed by atoms with E-state index < -0.39 is 0 Å². The van der Waals surface area contributed by atoms with Gasteiger partial charge in [0.05, 0.1) is 5.92 Å². The van der Waals surface area contributed by atoms with Crippen LogP contribution in [0.15, 0.2) is 42.5 Å². The molecule has 4 nitrogen and oxygen atoms in total. The van der Waals surface area contributed by atoms with Crippen molar-refractivity contribution in [2.75, 3.05) is 18.4 Å². The van der Waals surface area contributed by atoms with Crippen molar-refractivity contribution < 1.29 is 14.0 Å². The molecule has 1 saturated heterocycles. The number of anilines is 1. The molecule has 1 atom stereocenters. The molecule has 6 heteroatoms. The van der Waals surface area contributed by atoms with Gasteiger partial charge in [-0.15, -0.1) is 0 Å². The molecular formula is C20H20ClFN2O2. The van der Waals surface area contributed by atoms with Crippen molar-refractivity contribution in [3.8, 4) is 0 Å². The average Bonchev–Trinajstić information content (AvgIpc) is 2.99. The van der Waals surface area contributed by atoms with Crippen LogP contribution in [-0.2, 0) is 16.0 Å². The highest BCUT2D eigenvalue weighted by molar-refractivity contribution is 6.31. The Hall–Kier alpha value is -2.40. The summed E-state index contributed by atoms with van der Waals surface area (Å²) in [6.45, 7) is 2.80. The zero-order valence-electron chi connectivity index (χ0n) is 14.5. The van der Waals surface area contributed by atoms with Crippen LogP contribution in [0.1, 0.15) is 17.5 Å². The molecular weight excluding hydrogens is 355 g/mol. The first-order valence-electron chi connectivity index (χ1n) is 8.51. The van der Waals surface area contributed by atoms with Gasteiger partial charge in [-0.3, -0.25) is 9.59 Å². The van der Waals surface area contributed by atoms with Gasteiger partial charge in [0, 0.05) is 30.2 Å². The SMILES string of the molecule is Cc1ccc(NC(=O)C2CC(=O)N(CCc3ccc(F)cc3)C2)cc1Cl. The minimum absolute atomic E-state index is 0.0331. The third-order valence-corrected chi connectivity index (χ3v) is 5.02. The summed E-state index contributed by atoms with van der Waals surface area (Å²) in [4.78, 5) is 26.3. The molecule has 0 spiro atoms. The number of likely N-dealkylation sites (tertiary alicyclic amines) is 1. The van der Waals surface area contributed by atoms with Crippen molar-refractivity contribution in [1.82, 2.24) is 4.90 Å². The lowest BCUT2D eigenvalue weighted by Gasteiger charge is -2.16. The molecule has 1 aliphatic heterocycles. The number of carbonyl (C=O) groups is 2. The summed E-state index contributed by atoms with van der Waals surface area (Å²) in [7, 11) is 0. The van der Waals surface area contributed by atoms with Gasteiger partial charge in [0.25, 0.3) is 0 Å². The standard InChI is InChI=1S/C20H20ClFN2O2/c1-13-2-7-17(11-18(13)21)23-20(26)15-10-19(25)24(12-15)9-8-14-3-5-16(22)6-4-14/h2-7,11,15H,8-10,12H2,1H3,(H,23,26). The number of amides is 2. The second-order valence-electron chi connectivity index (χ2n) is 6.57. The number of benzene rings is 2. The van der Waals surface area contributed by atoms with E-state index in [4.69, 9.17) is 11.6 Å². The normalized spacial score (nSPS) is 16.8. The number of halogens is 2. The maximum Gasteiger partial charge on any atom is 0.229 e. The Balaban J connectivity index is 1.55. The Morgan fingerprint density at radius 1 is 1.27 bits per heavy atom. The van der Waals surface area contributed by atoms with Gasteiger partial charge in [-0.2, -0.15) is 0 Å². The fourth-order valence-electron chi connectivity index (χ4n) is 2.99. The predicted molar refractivity (Wildman–Crippen MR) is 99.6 cm³/mol. The second kappa shape index (κ2) is 7.87. The topological polar surface area (TPSA) is 49.4 Å². The lowest BCUT2D eigenvalue weighted by Crippen LogP contribution is -2.30. The Morgan fingerprint density at radius 2 is 2.00 bits per heavy atom. The molecule has 1 heterocycles. The van der Waals surface area contributed by atoms with E-state index in [1.54, 1.807) is 29.2 Å². The minimum Gasteiger partial charge on any atom is -0.342 e. The molecule has 2 aromatic rings. The summed E-state index contributed by atoms with van der Waals surface area (Å²) in [5.41, 5.74) is 2.52. The van der Waals surface area contributed by atoms with Crippen LogP contribution in [0.3, 0.4) is 0 Å². The van der Waals surface area contributed by atoms with Gasteiger partial charge in [0.15, 0.2) is 0 Å². The first kappa shape index (κ1) is 18.4. The van der Waals surface area contributed by atoms with Crippen LogP contribution >= 0.6 is 11.6 Å². The molecule has 0 bridgehead atoms. The van der Waals surface area contributed by atoms with E-state index >= 15 is 0 Å². The van der Waals surface area contributed by atoms with Crippen molar-refractivity contribution in [2.45, 2.75) is 19.8 Å². The first-order valence-corrected chi connectivity index (χ1v) is 8.89. The quantitative estimate of drug-likeness (QED) is 0.865. The molecule has 1 unspecified atom stereocenters. The molecule has 1 aliphatic rings.